The van der Waals surface area contributed by atoms with Crippen molar-refractivity contribution in [3.8, 4) is 11.5 Å². The Morgan fingerprint density at radius 1 is 1.05 bits per heavy atom. The fraction of sp³-hybridized carbons (Fsp3) is 0.154. The van der Waals surface area contributed by atoms with Crippen molar-refractivity contribution in [1.82, 2.24) is 4.98 Å². The molecule has 3 nitrogen and oxygen atoms in total. The second-order valence-electron chi connectivity index (χ2n) is 3.75. The van der Waals surface area contributed by atoms with Gasteiger partial charge in [-0.1, -0.05) is 12.1 Å². The Morgan fingerprint density at radius 2 is 1.75 bits per heavy atom. The molecule has 1 heterocycles. The fourth-order valence-corrected chi connectivity index (χ4v) is 1.66. The fourth-order valence-electron chi connectivity index (χ4n) is 1.42. The minimum Gasteiger partial charge on any atom is -0.483 e. The lowest BCUT2D eigenvalue weighted by Crippen LogP contribution is -2.17. The number of rotatable bonds is 4. The summed E-state index contributed by atoms with van der Waals surface area (Å²) in [5.41, 5.74) is 0.593. The summed E-state index contributed by atoms with van der Waals surface area (Å²) in [7, 11) is 0. The van der Waals surface area contributed by atoms with Gasteiger partial charge in [-0.05, 0) is 40.2 Å². The number of hydrogen-bond acceptors (Lipinski definition) is 3. The van der Waals surface area contributed by atoms with Crippen molar-refractivity contribution in [2.24, 2.45) is 0 Å². The number of benzene rings is 1. The molecule has 106 valence electrons. The van der Waals surface area contributed by atoms with E-state index in [1.165, 1.54) is 18.2 Å². The number of alkyl halides is 3. The summed E-state index contributed by atoms with van der Waals surface area (Å²) in [5.74, 6) is -0.369. The number of pyridine rings is 1. The van der Waals surface area contributed by atoms with Gasteiger partial charge in [-0.3, -0.25) is 4.98 Å². The zero-order chi connectivity index (χ0) is 14.6. The van der Waals surface area contributed by atoms with E-state index in [9.17, 15) is 13.2 Å². The van der Waals surface area contributed by atoms with E-state index in [4.69, 9.17) is 4.74 Å². The molecule has 0 aliphatic heterocycles. The third-order valence-electron chi connectivity index (χ3n) is 2.24. The van der Waals surface area contributed by atoms with E-state index in [2.05, 4.69) is 25.7 Å². The Balaban J connectivity index is 2.07. The average Bonchev–Trinajstić information content (AvgIpc) is 2.38. The molecule has 0 bridgehead atoms. The summed E-state index contributed by atoms with van der Waals surface area (Å²) in [4.78, 5) is 4.06. The van der Waals surface area contributed by atoms with E-state index in [-0.39, 0.29) is 18.1 Å². The monoisotopic (exact) mass is 347 g/mol. The van der Waals surface area contributed by atoms with Crippen molar-refractivity contribution in [2.75, 3.05) is 0 Å². The van der Waals surface area contributed by atoms with Gasteiger partial charge in [0, 0.05) is 10.7 Å². The van der Waals surface area contributed by atoms with E-state index in [0.29, 0.717) is 5.69 Å². The van der Waals surface area contributed by atoms with Crippen LogP contribution in [-0.2, 0) is 6.61 Å². The lowest BCUT2D eigenvalue weighted by molar-refractivity contribution is -0.275. The molecule has 0 unspecified atom stereocenters. The van der Waals surface area contributed by atoms with Crippen LogP contribution in [0.25, 0.3) is 0 Å². The topological polar surface area (TPSA) is 31.4 Å². The van der Waals surface area contributed by atoms with Crippen molar-refractivity contribution in [3.05, 3.63) is 52.8 Å². The van der Waals surface area contributed by atoms with Crippen LogP contribution in [0.1, 0.15) is 5.69 Å². The molecule has 2 aromatic rings. The summed E-state index contributed by atoms with van der Waals surface area (Å²) < 4.78 is 46.7. The van der Waals surface area contributed by atoms with Gasteiger partial charge in [0.05, 0.1) is 5.69 Å². The Kier molecular flexibility index (Phi) is 4.49. The first-order valence-corrected chi connectivity index (χ1v) is 6.31. The standard InChI is InChI=1S/C13H9BrF3NO2/c14-9-5-6-10(18-7-9)8-19-11-3-1-2-4-12(11)20-13(15,16)17/h1-7H,8H2. The van der Waals surface area contributed by atoms with Gasteiger partial charge in [0.1, 0.15) is 6.61 Å². The molecular weight excluding hydrogens is 339 g/mol. The third-order valence-corrected chi connectivity index (χ3v) is 2.71. The van der Waals surface area contributed by atoms with Gasteiger partial charge in [0.15, 0.2) is 11.5 Å². The highest BCUT2D eigenvalue weighted by Crippen LogP contribution is 2.32. The van der Waals surface area contributed by atoms with Crippen LogP contribution >= 0.6 is 15.9 Å². The summed E-state index contributed by atoms with van der Waals surface area (Å²) in [5, 5.41) is 0. The predicted molar refractivity (Wildman–Crippen MR) is 69.4 cm³/mol. The molecule has 2 rings (SSSR count). The second kappa shape index (κ2) is 6.13. The van der Waals surface area contributed by atoms with Crippen LogP contribution in [0.5, 0.6) is 11.5 Å². The largest absolute Gasteiger partial charge is 0.573 e. The molecule has 0 atom stereocenters. The maximum atomic E-state index is 12.2. The quantitative estimate of drug-likeness (QED) is 0.825. The zero-order valence-corrected chi connectivity index (χ0v) is 11.6. The molecule has 0 radical (unpaired) electrons. The second-order valence-corrected chi connectivity index (χ2v) is 4.67. The minimum atomic E-state index is -4.75. The van der Waals surface area contributed by atoms with Gasteiger partial charge in [0.25, 0.3) is 0 Å². The Hall–Kier alpha value is -1.76. The number of nitrogens with zero attached hydrogens (tertiary/aromatic N) is 1. The van der Waals surface area contributed by atoms with Crippen molar-refractivity contribution in [2.45, 2.75) is 13.0 Å². The van der Waals surface area contributed by atoms with E-state index in [1.54, 1.807) is 24.4 Å². The van der Waals surface area contributed by atoms with Gasteiger partial charge in [0.2, 0.25) is 0 Å². The van der Waals surface area contributed by atoms with Gasteiger partial charge in [-0.25, -0.2) is 0 Å². The van der Waals surface area contributed by atoms with Crippen LogP contribution in [-0.4, -0.2) is 11.3 Å². The van der Waals surface area contributed by atoms with Gasteiger partial charge in [-0.2, -0.15) is 0 Å². The zero-order valence-electron chi connectivity index (χ0n) is 10.0. The maximum absolute atomic E-state index is 12.2. The first-order chi connectivity index (χ1) is 9.44. The highest BCUT2D eigenvalue weighted by atomic mass is 79.9. The Bertz CT molecular complexity index is 573. The number of aromatic nitrogens is 1. The highest BCUT2D eigenvalue weighted by Gasteiger charge is 2.32. The van der Waals surface area contributed by atoms with Gasteiger partial charge < -0.3 is 9.47 Å². The molecule has 7 heteroatoms. The first-order valence-electron chi connectivity index (χ1n) is 5.52. The molecule has 0 aliphatic rings. The molecule has 20 heavy (non-hydrogen) atoms. The van der Waals surface area contributed by atoms with E-state index in [0.717, 1.165) is 4.47 Å². The minimum absolute atomic E-state index is 0.00884. The summed E-state index contributed by atoms with van der Waals surface area (Å²) in [6, 6.07) is 9.07. The van der Waals surface area contributed by atoms with E-state index in [1.807, 2.05) is 0 Å². The maximum Gasteiger partial charge on any atom is 0.573 e. The molecule has 0 amide bonds. The van der Waals surface area contributed by atoms with Crippen LogP contribution < -0.4 is 9.47 Å². The Labute approximate surface area is 121 Å². The molecule has 1 aromatic carbocycles. The lowest BCUT2D eigenvalue weighted by atomic mass is 10.3. The summed E-state index contributed by atoms with van der Waals surface area (Å²) >= 11 is 3.24. The first kappa shape index (κ1) is 14.6. The van der Waals surface area contributed by atoms with Gasteiger partial charge in [-0.15, -0.1) is 13.2 Å². The molecule has 0 aliphatic carbocycles. The van der Waals surface area contributed by atoms with Crippen LogP contribution in [0.3, 0.4) is 0 Å². The third kappa shape index (κ3) is 4.41. The Morgan fingerprint density at radius 3 is 2.35 bits per heavy atom. The molecule has 0 saturated heterocycles. The smallest absolute Gasteiger partial charge is 0.483 e. The number of hydrogen-bond donors (Lipinski definition) is 0. The normalized spacial score (nSPS) is 11.2. The van der Waals surface area contributed by atoms with Crippen LogP contribution in [0.15, 0.2) is 47.1 Å². The average molecular weight is 348 g/mol. The lowest BCUT2D eigenvalue weighted by Gasteiger charge is -2.13. The number of ether oxygens (including phenoxy) is 2. The predicted octanol–water partition coefficient (Wildman–Crippen LogP) is 4.32. The van der Waals surface area contributed by atoms with Crippen molar-refractivity contribution in [3.63, 3.8) is 0 Å². The van der Waals surface area contributed by atoms with E-state index < -0.39 is 6.36 Å². The molecule has 0 N–H and O–H groups in total. The molecule has 0 fully saturated rings. The van der Waals surface area contributed by atoms with E-state index >= 15 is 0 Å². The van der Waals surface area contributed by atoms with Crippen LogP contribution in [0.2, 0.25) is 0 Å². The molecule has 0 saturated carbocycles. The van der Waals surface area contributed by atoms with Crippen LogP contribution in [0, 0.1) is 0 Å². The van der Waals surface area contributed by atoms with Crippen molar-refractivity contribution >= 4 is 15.9 Å². The van der Waals surface area contributed by atoms with Crippen molar-refractivity contribution < 1.29 is 22.6 Å². The number of halogens is 4. The summed E-state index contributed by atoms with van der Waals surface area (Å²) in [6.07, 6.45) is -3.17. The SMILES string of the molecule is FC(F)(F)Oc1ccccc1OCc1ccc(Br)cn1. The van der Waals surface area contributed by atoms with Crippen LogP contribution in [0.4, 0.5) is 13.2 Å². The molecule has 0 spiro atoms. The summed E-state index contributed by atoms with van der Waals surface area (Å²) in [6.45, 7) is 0.0471. The number of para-hydroxylation sites is 2. The molecule has 1 aromatic heterocycles. The van der Waals surface area contributed by atoms with Crippen molar-refractivity contribution in [1.29, 1.82) is 0 Å². The highest BCUT2D eigenvalue weighted by molar-refractivity contribution is 9.10. The molecular formula is C13H9BrF3NO2. The van der Waals surface area contributed by atoms with Gasteiger partial charge >= 0.3 is 6.36 Å².